The second-order valence-corrected chi connectivity index (χ2v) is 6.47. The van der Waals surface area contributed by atoms with E-state index in [2.05, 4.69) is 10.0 Å². The van der Waals surface area contributed by atoms with Crippen LogP contribution in [-0.2, 0) is 14.8 Å². The SMILES string of the molecule is COCCNCCNS(=O)(=O)c1cccc(SC)c1. The molecule has 0 fully saturated rings. The molecule has 0 atom stereocenters. The van der Waals surface area contributed by atoms with Gasteiger partial charge in [-0.1, -0.05) is 6.07 Å². The third kappa shape index (κ3) is 5.92. The summed E-state index contributed by atoms with van der Waals surface area (Å²) in [5, 5.41) is 3.08. The minimum Gasteiger partial charge on any atom is -0.383 e. The van der Waals surface area contributed by atoms with Crippen molar-refractivity contribution in [1.29, 1.82) is 0 Å². The van der Waals surface area contributed by atoms with Gasteiger partial charge in [-0.05, 0) is 24.5 Å². The second kappa shape index (κ2) is 8.55. The molecule has 0 aromatic heterocycles. The molecule has 0 aliphatic heterocycles. The number of methoxy groups -OCH3 is 1. The van der Waals surface area contributed by atoms with E-state index in [4.69, 9.17) is 4.74 Å². The van der Waals surface area contributed by atoms with Crippen molar-refractivity contribution in [2.45, 2.75) is 9.79 Å². The standard InChI is InChI=1S/C12H20N2O3S2/c1-17-9-8-13-6-7-14-19(15,16)12-5-3-4-11(10-12)18-2/h3-5,10,13-14H,6-9H2,1-2H3. The molecule has 0 radical (unpaired) electrons. The number of thioether (sulfide) groups is 1. The van der Waals surface area contributed by atoms with E-state index >= 15 is 0 Å². The zero-order valence-electron chi connectivity index (χ0n) is 11.2. The molecule has 5 nitrogen and oxygen atoms in total. The van der Waals surface area contributed by atoms with E-state index in [1.807, 2.05) is 12.3 Å². The maximum absolute atomic E-state index is 12.0. The lowest BCUT2D eigenvalue weighted by atomic mass is 10.4. The van der Waals surface area contributed by atoms with Crippen molar-refractivity contribution >= 4 is 21.8 Å². The Morgan fingerprint density at radius 1 is 1.26 bits per heavy atom. The van der Waals surface area contributed by atoms with Crippen LogP contribution in [0.3, 0.4) is 0 Å². The second-order valence-electron chi connectivity index (χ2n) is 3.82. The molecule has 0 unspecified atom stereocenters. The van der Waals surface area contributed by atoms with Gasteiger partial charge in [0.25, 0.3) is 0 Å². The molecule has 7 heteroatoms. The Labute approximate surface area is 119 Å². The van der Waals surface area contributed by atoms with E-state index < -0.39 is 10.0 Å². The summed E-state index contributed by atoms with van der Waals surface area (Å²) in [7, 11) is -1.79. The van der Waals surface area contributed by atoms with Crippen LogP contribution in [-0.4, -0.2) is 48.0 Å². The highest BCUT2D eigenvalue weighted by Crippen LogP contribution is 2.18. The molecule has 1 rings (SSSR count). The summed E-state index contributed by atoms with van der Waals surface area (Å²) in [4.78, 5) is 1.23. The van der Waals surface area contributed by atoms with E-state index in [1.54, 1.807) is 25.3 Å². The van der Waals surface area contributed by atoms with Crippen molar-refractivity contribution in [2.75, 3.05) is 39.6 Å². The molecule has 0 aliphatic rings. The summed E-state index contributed by atoms with van der Waals surface area (Å²) in [5.74, 6) is 0. The fourth-order valence-corrected chi connectivity index (χ4v) is 3.04. The lowest BCUT2D eigenvalue weighted by molar-refractivity contribution is 0.199. The summed E-state index contributed by atoms with van der Waals surface area (Å²) < 4.78 is 31.5. The number of benzene rings is 1. The number of hydrogen-bond acceptors (Lipinski definition) is 5. The van der Waals surface area contributed by atoms with Crippen molar-refractivity contribution < 1.29 is 13.2 Å². The lowest BCUT2D eigenvalue weighted by Gasteiger charge is -2.08. The average Bonchev–Trinajstić information content (AvgIpc) is 2.43. The first-order chi connectivity index (χ1) is 9.10. The van der Waals surface area contributed by atoms with Crippen LogP contribution in [0.1, 0.15) is 0 Å². The predicted octanol–water partition coefficient (Wildman–Crippen LogP) is 0.923. The molecule has 19 heavy (non-hydrogen) atoms. The molecule has 1 aromatic rings. The van der Waals surface area contributed by atoms with Crippen LogP contribution in [0.2, 0.25) is 0 Å². The fourth-order valence-electron chi connectivity index (χ4n) is 1.42. The van der Waals surface area contributed by atoms with Gasteiger partial charge < -0.3 is 10.1 Å². The number of hydrogen-bond donors (Lipinski definition) is 2. The van der Waals surface area contributed by atoms with Gasteiger partial charge in [-0.15, -0.1) is 11.8 Å². The Balaban J connectivity index is 2.46. The summed E-state index contributed by atoms with van der Waals surface area (Å²) in [5.41, 5.74) is 0. The van der Waals surface area contributed by atoms with Gasteiger partial charge in [-0.2, -0.15) is 0 Å². The first-order valence-corrected chi connectivity index (χ1v) is 8.64. The van der Waals surface area contributed by atoms with Gasteiger partial charge >= 0.3 is 0 Å². The maximum atomic E-state index is 12.0. The van der Waals surface area contributed by atoms with Crippen LogP contribution in [0.15, 0.2) is 34.1 Å². The van der Waals surface area contributed by atoms with Crippen molar-refractivity contribution in [1.82, 2.24) is 10.0 Å². The van der Waals surface area contributed by atoms with Gasteiger partial charge in [0.2, 0.25) is 10.0 Å². The molecule has 1 aromatic carbocycles. The van der Waals surface area contributed by atoms with E-state index in [9.17, 15) is 8.42 Å². The summed E-state index contributed by atoms with van der Waals surface area (Å²) in [6.07, 6.45) is 1.92. The van der Waals surface area contributed by atoms with E-state index in [-0.39, 0.29) is 0 Å². The zero-order valence-corrected chi connectivity index (χ0v) is 12.8. The zero-order chi connectivity index (χ0) is 14.1. The summed E-state index contributed by atoms with van der Waals surface area (Å²) in [6, 6.07) is 6.90. The minimum atomic E-state index is -3.42. The van der Waals surface area contributed by atoms with Gasteiger partial charge in [0.15, 0.2) is 0 Å². The number of sulfonamides is 1. The average molecular weight is 304 g/mol. The first-order valence-electron chi connectivity index (χ1n) is 5.93. The summed E-state index contributed by atoms with van der Waals surface area (Å²) >= 11 is 1.52. The number of nitrogens with one attached hydrogen (secondary N) is 2. The monoisotopic (exact) mass is 304 g/mol. The van der Waals surface area contributed by atoms with Gasteiger partial charge in [-0.25, -0.2) is 13.1 Å². The molecule has 0 heterocycles. The van der Waals surface area contributed by atoms with Gasteiger partial charge in [-0.3, -0.25) is 0 Å². The quantitative estimate of drug-likeness (QED) is 0.524. The van der Waals surface area contributed by atoms with Crippen molar-refractivity contribution in [3.05, 3.63) is 24.3 Å². The minimum absolute atomic E-state index is 0.302. The van der Waals surface area contributed by atoms with Gasteiger partial charge in [0.05, 0.1) is 11.5 Å². The van der Waals surface area contributed by atoms with Gasteiger partial charge in [0.1, 0.15) is 0 Å². The largest absolute Gasteiger partial charge is 0.383 e. The molecule has 0 spiro atoms. The van der Waals surface area contributed by atoms with Crippen LogP contribution < -0.4 is 10.0 Å². The van der Waals surface area contributed by atoms with E-state index in [0.717, 1.165) is 4.90 Å². The molecule has 0 aliphatic carbocycles. The smallest absolute Gasteiger partial charge is 0.240 e. The Bertz CT molecular complexity index is 478. The Morgan fingerprint density at radius 2 is 2.05 bits per heavy atom. The maximum Gasteiger partial charge on any atom is 0.240 e. The molecule has 0 saturated carbocycles. The Kier molecular flexibility index (Phi) is 7.40. The highest BCUT2D eigenvalue weighted by Gasteiger charge is 2.13. The van der Waals surface area contributed by atoms with Crippen LogP contribution in [0.5, 0.6) is 0 Å². The van der Waals surface area contributed by atoms with E-state index in [0.29, 0.717) is 31.1 Å². The number of ether oxygens (including phenoxy) is 1. The third-order valence-electron chi connectivity index (χ3n) is 2.43. The van der Waals surface area contributed by atoms with Crippen LogP contribution in [0, 0.1) is 0 Å². The highest BCUT2D eigenvalue weighted by atomic mass is 32.2. The summed E-state index contributed by atoms with van der Waals surface area (Å²) in [6.45, 7) is 2.25. The lowest BCUT2D eigenvalue weighted by Crippen LogP contribution is -2.33. The highest BCUT2D eigenvalue weighted by molar-refractivity contribution is 7.98. The van der Waals surface area contributed by atoms with Crippen molar-refractivity contribution in [2.24, 2.45) is 0 Å². The first kappa shape index (κ1) is 16.5. The van der Waals surface area contributed by atoms with Gasteiger partial charge in [0, 0.05) is 31.6 Å². The Hall–Kier alpha value is -0.600. The third-order valence-corrected chi connectivity index (χ3v) is 4.61. The molecule has 0 bridgehead atoms. The molecule has 108 valence electrons. The fraction of sp³-hybridized carbons (Fsp3) is 0.500. The predicted molar refractivity (Wildman–Crippen MR) is 78.2 cm³/mol. The molecular formula is C12H20N2O3S2. The van der Waals surface area contributed by atoms with Crippen LogP contribution >= 0.6 is 11.8 Å². The van der Waals surface area contributed by atoms with Crippen LogP contribution in [0.4, 0.5) is 0 Å². The number of rotatable bonds is 9. The van der Waals surface area contributed by atoms with Crippen LogP contribution in [0.25, 0.3) is 0 Å². The van der Waals surface area contributed by atoms with E-state index in [1.165, 1.54) is 11.8 Å². The van der Waals surface area contributed by atoms with Crippen molar-refractivity contribution in [3.63, 3.8) is 0 Å². The molecule has 2 N–H and O–H groups in total. The molecular weight excluding hydrogens is 284 g/mol. The molecule has 0 amide bonds. The normalized spacial score (nSPS) is 11.7. The molecule has 0 saturated heterocycles. The van der Waals surface area contributed by atoms with Crippen molar-refractivity contribution in [3.8, 4) is 0 Å². The topological polar surface area (TPSA) is 67.4 Å². The Morgan fingerprint density at radius 3 is 2.74 bits per heavy atom.